The van der Waals surface area contributed by atoms with Crippen molar-refractivity contribution in [3.63, 3.8) is 0 Å². The largest absolute Gasteiger partial charge is 0.384 e. The molecule has 254 valence electrons. The Labute approximate surface area is 275 Å². The molecule has 0 saturated carbocycles. The van der Waals surface area contributed by atoms with Crippen LogP contribution in [0.5, 0.6) is 0 Å². The number of rotatable bonds is 14. The van der Waals surface area contributed by atoms with Crippen LogP contribution in [0.3, 0.4) is 0 Å². The van der Waals surface area contributed by atoms with Crippen LogP contribution in [0, 0.1) is 29.4 Å². The highest BCUT2D eigenvalue weighted by Crippen LogP contribution is 2.38. The number of nitrogens with zero attached hydrogens (tertiary/aromatic N) is 3. The maximum atomic E-state index is 15.1. The molecule has 4 atom stereocenters. The summed E-state index contributed by atoms with van der Waals surface area (Å²) in [6.07, 6.45) is 4.69. The number of hydrogen-bond acceptors (Lipinski definition) is 6. The summed E-state index contributed by atoms with van der Waals surface area (Å²) < 4.78 is 37.1. The minimum atomic E-state index is -1.30. The molecule has 2 saturated heterocycles. The number of carbonyl (C=O) groups excluding carboxylic acids is 2. The van der Waals surface area contributed by atoms with E-state index in [9.17, 15) is 19.1 Å². The van der Waals surface area contributed by atoms with Gasteiger partial charge in [0.15, 0.2) is 0 Å². The highest BCUT2D eigenvalue weighted by Gasteiger charge is 2.42. The first-order valence-corrected chi connectivity index (χ1v) is 16.9. The molecule has 2 fully saturated rings. The van der Waals surface area contributed by atoms with E-state index < -0.39 is 29.7 Å². The Bertz CT molecular complexity index is 1480. The fourth-order valence-corrected chi connectivity index (χ4v) is 6.82. The molecule has 1 aromatic heterocycles. The lowest BCUT2D eigenvalue weighted by Crippen LogP contribution is -2.49. The van der Waals surface area contributed by atoms with Crippen LogP contribution in [0.25, 0.3) is 11.3 Å². The third-order valence-corrected chi connectivity index (χ3v) is 9.35. The first kappa shape index (κ1) is 34.7. The number of halogens is 2. The SMILES string of the molecule is CCCCCNC(=O)[C@@H]1CNC[C@H]1CN(C(=O)[C@H](C)O)[C@@H](c1nc(-c2cc(F)ccc2F)cn1Cc1ccccc1)C1CCOCC1. The van der Waals surface area contributed by atoms with Gasteiger partial charge >= 0.3 is 0 Å². The van der Waals surface area contributed by atoms with E-state index in [1.54, 1.807) is 11.1 Å². The van der Waals surface area contributed by atoms with Crippen LogP contribution >= 0.6 is 0 Å². The van der Waals surface area contributed by atoms with E-state index in [0.717, 1.165) is 43.0 Å². The molecule has 2 amide bonds. The quantitative estimate of drug-likeness (QED) is 0.218. The maximum absolute atomic E-state index is 15.1. The summed E-state index contributed by atoms with van der Waals surface area (Å²) in [5, 5.41) is 17.1. The van der Waals surface area contributed by atoms with Gasteiger partial charge in [-0.2, -0.15) is 0 Å². The third kappa shape index (κ3) is 8.63. The number of aromatic nitrogens is 2. The van der Waals surface area contributed by atoms with Crippen molar-refractivity contribution in [1.82, 2.24) is 25.1 Å². The maximum Gasteiger partial charge on any atom is 0.251 e. The topological polar surface area (TPSA) is 109 Å². The molecule has 0 radical (unpaired) electrons. The number of benzene rings is 2. The Morgan fingerprint density at radius 2 is 1.89 bits per heavy atom. The second kappa shape index (κ2) is 16.4. The van der Waals surface area contributed by atoms with E-state index in [0.29, 0.717) is 58.1 Å². The Morgan fingerprint density at radius 1 is 1.13 bits per heavy atom. The van der Waals surface area contributed by atoms with Gasteiger partial charge in [0, 0.05) is 63.6 Å². The summed E-state index contributed by atoms with van der Waals surface area (Å²) in [6.45, 7) is 6.79. The summed E-state index contributed by atoms with van der Waals surface area (Å²) in [5.74, 6) is -1.84. The molecule has 0 unspecified atom stereocenters. The second-order valence-electron chi connectivity index (χ2n) is 12.8. The van der Waals surface area contributed by atoms with Gasteiger partial charge in [0.05, 0.1) is 17.7 Å². The van der Waals surface area contributed by atoms with Crippen molar-refractivity contribution in [2.24, 2.45) is 17.8 Å². The van der Waals surface area contributed by atoms with Crippen LogP contribution in [0.15, 0.2) is 54.7 Å². The smallest absolute Gasteiger partial charge is 0.251 e. The molecule has 2 aliphatic heterocycles. The van der Waals surface area contributed by atoms with Crippen LogP contribution in [0.2, 0.25) is 0 Å². The monoisotopic (exact) mass is 651 g/mol. The lowest BCUT2D eigenvalue weighted by Gasteiger charge is -2.40. The molecule has 2 aromatic carbocycles. The van der Waals surface area contributed by atoms with Gasteiger partial charge < -0.3 is 29.9 Å². The minimum Gasteiger partial charge on any atom is -0.384 e. The summed E-state index contributed by atoms with van der Waals surface area (Å²) in [5.41, 5.74) is 1.25. The first-order valence-electron chi connectivity index (χ1n) is 16.9. The zero-order valence-corrected chi connectivity index (χ0v) is 27.3. The van der Waals surface area contributed by atoms with Crippen LogP contribution in [0.4, 0.5) is 8.78 Å². The summed E-state index contributed by atoms with van der Waals surface area (Å²) in [6, 6.07) is 12.4. The van der Waals surface area contributed by atoms with E-state index in [1.807, 2.05) is 34.9 Å². The summed E-state index contributed by atoms with van der Waals surface area (Å²) in [7, 11) is 0. The van der Waals surface area contributed by atoms with Crippen LogP contribution in [-0.2, 0) is 20.9 Å². The molecule has 0 bridgehead atoms. The number of carbonyl (C=O) groups is 2. The number of unbranched alkanes of at least 4 members (excludes halogenated alkanes) is 2. The molecular formula is C36H47F2N5O4. The molecule has 5 rings (SSSR count). The Morgan fingerprint density at radius 3 is 2.62 bits per heavy atom. The number of aliphatic hydroxyl groups excluding tert-OH is 1. The highest BCUT2D eigenvalue weighted by molar-refractivity contribution is 5.82. The normalized spacial score (nSPS) is 19.8. The average Bonchev–Trinajstić information content (AvgIpc) is 3.72. The molecule has 0 spiro atoms. The standard InChI is InChI=1S/C36H47F2N5O4/c1-3-4-8-15-40-35(45)30-20-39-19-27(30)22-43(36(46)24(2)44)33(26-13-16-47-17-14-26)34-41-32(29-18-28(37)11-12-31(29)38)23-42(34)21-25-9-6-5-7-10-25/h5-7,9-12,18,23-24,26-27,30,33,39,44H,3-4,8,13-17,19-22H2,1-2H3,(H,40,45)/t24-,27-,30+,33+/m0/s1. The molecule has 3 aromatic rings. The molecule has 0 aliphatic carbocycles. The average molecular weight is 652 g/mol. The number of imidazole rings is 1. The molecular weight excluding hydrogens is 604 g/mol. The number of amides is 2. The van der Waals surface area contributed by atoms with E-state index in [1.165, 1.54) is 6.92 Å². The minimum absolute atomic E-state index is 0.0250. The summed E-state index contributed by atoms with van der Waals surface area (Å²) >= 11 is 0. The van der Waals surface area contributed by atoms with Crippen molar-refractivity contribution in [3.05, 3.63) is 77.8 Å². The van der Waals surface area contributed by atoms with Crippen molar-refractivity contribution < 1.29 is 28.2 Å². The fraction of sp³-hybridized carbons (Fsp3) is 0.528. The predicted molar refractivity (Wildman–Crippen MR) is 175 cm³/mol. The zero-order chi connectivity index (χ0) is 33.3. The van der Waals surface area contributed by atoms with Crippen molar-refractivity contribution in [1.29, 1.82) is 0 Å². The number of hydrogen-bond donors (Lipinski definition) is 3. The van der Waals surface area contributed by atoms with E-state index in [2.05, 4.69) is 17.6 Å². The van der Waals surface area contributed by atoms with Gasteiger partial charge in [-0.1, -0.05) is 50.1 Å². The lowest BCUT2D eigenvalue weighted by atomic mass is 9.87. The number of ether oxygens (including phenoxy) is 1. The fourth-order valence-electron chi connectivity index (χ4n) is 6.82. The molecule has 47 heavy (non-hydrogen) atoms. The Balaban J connectivity index is 1.57. The Kier molecular flexibility index (Phi) is 12.1. The van der Waals surface area contributed by atoms with Gasteiger partial charge in [0.1, 0.15) is 23.6 Å². The van der Waals surface area contributed by atoms with Crippen LogP contribution in [0.1, 0.15) is 63.4 Å². The highest BCUT2D eigenvalue weighted by atomic mass is 19.1. The van der Waals surface area contributed by atoms with Gasteiger partial charge in [-0.25, -0.2) is 13.8 Å². The number of nitrogens with one attached hydrogen (secondary N) is 2. The van der Waals surface area contributed by atoms with Crippen molar-refractivity contribution >= 4 is 11.8 Å². The Hall–Kier alpha value is -3.67. The second-order valence-corrected chi connectivity index (χ2v) is 12.8. The van der Waals surface area contributed by atoms with Crippen molar-refractivity contribution in [2.75, 3.05) is 39.4 Å². The van der Waals surface area contributed by atoms with Crippen LogP contribution in [-0.4, -0.2) is 76.9 Å². The van der Waals surface area contributed by atoms with E-state index in [4.69, 9.17) is 9.72 Å². The van der Waals surface area contributed by atoms with E-state index in [-0.39, 0.29) is 41.5 Å². The van der Waals surface area contributed by atoms with Crippen LogP contribution < -0.4 is 10.6 Å². The van der Waals surface area contributed by atoms with Gasteiger partial charge in [-0.15, -0.1) is 0 Å². The molecule has 3 N–H and O–H groups in total. The van der Waals surface area contributed by atoms with E-state index >= 15 is 4.39 Å². The molecule has 9 nitrogen and oxygen atoms in total. The number of aliphatic hydroxyl groups is 1. The lowest BCUT2D eigenvalue weighted by molar-refractivity contribution is -0.146. The molecule has 11 heteroatoms. The third-order valence-electron chi connectivity index (χ3n) is 9.35. The van der Waals surface area contributed by atoms with Crippen molar-refractivity contribution in [2.45, 2.75) is 64.6 Å². The predicted octanol–water partition coefficient (Wildman–Crippen LogP) is 4.70. The van der Waals surface area contributed by atoms with Gasteiger partial charge in [-0.3, -0.25) is 9.59 Å². The van der Waals surface area contributed by atoms with Crippen molar-refractivity contribution in [3.8, 4) is 11.3 Å². The molecule has 3 heterocycles. The van der Waals surface area contributed by atoms with Gasteiger partial charge in [-0.05, 0) is 55.9 Å². The van der Waals surface area contributed by atoms with Gasteiger partial charge in [0.2, 0.25) is 5.91 Å². The first-order chi connectivity index (χ1) is 22.8. The van der Waals surface area contributed by atoms with Gasteiger partial charge in [0.25, 0.3) is 5.91 Å². The summed E-state index contributed by atoms with van der Waals surface area (Å²) in [4.78, 5) is 34.0. The zero-order valence-electron chi connectivity index (χ0n) is 27.3. The molecule has 2 aliphatic rings.